The highest BCUT2D eigenvalue weighted by Gasteiger charge is 2.77. The second-order valence-electron chi connectivity index (χ2n) is 3.37. The second-order valence-corrected chi connectivity index (χ2v) is 3.37. The van der Waals surface area contributed by atoms with Crippen molar-refractivity contribution in [2.75, 3.05) is 14.2 Å². The summed E-state index contributed by atoms with van der Waals surface area (Å²) in [5.41, 5.74) is -1.43. The first kappa shape index (κ1) is 9.42. The van der Waals surface area contributed by atoms with E-state index in [0.29, 0.717) is 0 Å². The fraction of sp³-hybridized carbons (Fsp3) is 0.750. The average molecular weight is 201 g/mol. The first-order chi connectivity index (χ1) is 6.54. The minimum absolute atomic E-state index is 0.364. The van der Waals surface area contributed by atoms with Gasteiger partial charge in [-0.1, -0.05) is 0 Å². The first-order valence-electron chi connectivity index (χ1n) is 4.25. The molecule has 1 amide bonds. The number of carbonyl (C=O) groups is 2. The van der Waals surface area contributed by atoms with Crippen LogP contribution in [0.5, 0.6) is 0 Å². The Hall–Kier alpha value is -1.14. The Balaban J connectivity index is 2.20. The van der Waals surface area contributed by atoms with Crippen LogP contribution in [0.4, 0.5) is 0 Å². The average Bonchev–Trinajstić information content (AvgIpc) is 2.86. The lowest BCUT2D eigenvalue weighted by molar-refractivity contribution is -0.180. The number of hydrogen-bond donors (Lipinski definition) is 0. The summed E-state index contributed by atoms with van der Waals surface area (Å²) in [5, 5.41) is 0.972. The number of amides is 1. The highest BCUT2D eigenvalue weighted by atomic mass is 16.7. The summed E-state index contributed by atoms with van der Waals surface area (Å²) in [6.45, 7) is 1.69. The van der Waals surface area contributed by atoms with Gasteiger partial charge in [0.2, 0.25) is 0 Å². The van der Waals surface area contributed by atoms with E-state index < -0.39 is 23.6 Å². The van der Waals surface area contributed by atoms with E-state index in [-0.39, 0.29) is 6.10 Å². The molecule has 0 aromatic rings. The van der Waals surface area contributed by atoms with Gasteiger partial charge in [-0.3, -0.25) is 9.63 Å². The molecule has 2 heterocycles. The van der Waals surface area contributed by atoms with Crippen LogP contribution in [0.1, 0.15) is 6.92 Å². The lowest BCUT2D eigenvalue weighted by Crippen LogP contribution is -2.43. The van der Waals surface area contributed by atoms with Crippen molar-refractivity contribution < 1.29 is 23.9 Å². The van der Waals surface area contributed by atoms with Crippen molar-refractivity contribution in [1.82, 2.24) is 5.06 Å². The van der Waals surface area contributed by atoms with Crippen LogP contribution in [0.25, 0.3) is 0 Å². The molecule has 2 aliphatic heterocycles. The number of cyclic esters (lactones) is 1. The molecule has 0 spiro atoms. The van der Waals surface area contributed by atoms with Crippen LogP contribution in [0, 0.1) is 0 Å². The molecule has 0 unspecified atom stereocenters. The lowest BCUT2D eigenvalue weighted by Gasteiger charge is -2.15. The van der Waals surface area contributed by atoms with E-state index in [1.165, 1.54) is 14.2 Å². The van der Waals surface area contributed by atoms with Gasteiger partial charge < -0.3 is 9.47 Å². The molecule has 2 saturated heterocycles. The van der Waals surface area contributed by atoms with Gasteiger partial charge in [-0.05, 0) is 6.92 Å². The minimum Gasteiger partial charge on any atom is -0.457 e. The summed E-state index contributed by atoms with van der Waals surface area (Å²) in [5.74, 6) is -1.14. The number of hydrogen-bond acceptors (Lipinski definition) is 5. The molecule has 14 heavy (non-hydrogen) atoms. The fourth-order valence-electron chi connectivity index (χ4n) is 1.65. The van der Waals surface area contributed by atoms with Gasteiger partial charge in [0.1, 0.15) is 12.2 Å². The van der Waals surface area contributed by atoms with Crippen LogP contribution in [0.2, 0.25) is 0 Å². The number of epoxide rings is 1. The molecule has 6 heteroatoms. The number of carbonyl (C=O) groups excluding carboxylic acids is 2. The van der Waals surface area contributed by atoms with Crippen molar-refractivity contribution >= 4 is 11.9 Å². The van der Waals surface area contributed by atoms with E-state index in [1.807, 2.05) is 0 Å². The number of nitrogens with zero attached hydrogens (tertiary/aromatic N) is 1. The van der Waals surface area contributed by atoms with Crippen LogP contribution < -0.4 is 0 Å². The molecule has 0 bridgehead atoms. The monoisotopic (exact) mass is 201 g/mol. The zero-order valence-corrected chi connectivity index (χ0v) is 8.14. The lowest BCUT2D eigenvalue weighted by atomic mass is 10.0. The van der Waals surface area contributed by atoms with E-state index >= 15 is 0 Å². The van der Waals surface area contributed by atoms with E-state index in [0.717, 1.165) is 5.06 Å². The molecule has 0 aromatic carbocycles. The molecule has 3 atom stereocenters. The first-order valence-corrected chi connectivity index (χ1v) is 4.25. The smallest absolute Gasteiger partial charge is 0.351 e. The van der Waals surface area contributed by atoms with Gasteiger partial charge in [0.15, 0.2) is 0 Å². The number of hydroxylamine groups is 2. The van der Waals surface area contributed by atoms with E-state index in [1.54, 1.807) is 6.92 Å². The summed E-state index contributed by atoms with van der Waals surface area (Å²) in [4.78, 5) is 27.7. The maximum atomic E-state index is 11.7. The van der Waals surface area contributed by atoms with Crippen LogP contribution in [0.3, 0.4) is 0 Å². The van der Waals surface area contributed by atoms with Crippen LogP contribution in [0.15, 0.2) is 0 Å². The molecule has 2 rings (SSSR count). The molecule has 6 nitrogen and oxygen atoms in total. The quantitative estimate of drug-likeness (QED) is 0.250. The third-order valence-electron chi connectivity index (χ3n) is 2.56. The zero-order valence-electron chi connectivity index (χ0n) is 8.14. The van der Waals surface area contributed by atoms with Crippen LogP contribution >= 0.6 is 0 Å². The van der Waals surface area contributed by atoms with Crippen molar-refractivity contribution in [3.8, 4) is 0 Å². The van der Waals surface area contributed by atoms with Crippen molar-refractivity contribution in [3.05, 3.63) is 0 Å². The van der Waals surface area contributed by atoms with E-state index in [4.69, 9.17) is 14.3 Å². The summed E-state index contributed by atoms with van der Waals surface area (Å²) >= 11 is 0. The van der Waals surface area contributed by atoms with Crippen LogP contribution in [-0.2, 0) is 23.9 Å². The summed E-state index contributed by atoms with van der Waals surface area (Å²) in [6.07, 6.45) is -0.822. The Labute approximate surface area is 80.7 Å². The highest BCUT2D eigenvalue weighted by molar-refractivity contribution is 6.11. The molecular weight excluding hydrogens is 190 g/mol. The van der Waals surface area contributed by atoms with Gasteiger partial charge in [-0.15, -0.1) is 0 Å². The topological polar surface area (TPSA) is 68.4 Å². The number of fused-ring (bicyclic) bond motifs is 1. The van der Waals surface area contributed by atoms with Gasteiger partial charge in [0.25, 0.3) is 11.5 Å². The number of ether oxygens (including phenoxy) is 2. The molecule has 2 aliphatic rings. The van der Waals surface area contributed by atoms with Crippen molar-refractivity contribution in [2.24, 2.45) is 0 Å². The number of rotatable bonds is 2. The largest absolute Gasteiger partial charge is 0.457 e. The van der Waals surface area contributed by atoms with Gasteiger partial charge in [-0.2, -0.15) is 0 Å². The number of esters is 1. The fourth-order valence-corrected chi connectivity index (χ4v) is 1.65. The van der Waals surface area contributed by atoms with Gasteiger partial charge in [0, 0.05) is 7.05 Å². The Bertz CT molecular complexity index is 304. The number of likely N-dealkylation sites (N-methyl/N-ethyl adjacent to an activating group) is 1. The minimum atomic E-state index is -1.43. The van der Waals surface area contributed by atoms with E-state index in [9.17, 15) is 9.59 Å². The van der Waals surface area contributed by atoms with Crippen molar-refractivity contribution in [2.45, 2.75) is 24.7 Å². The molecule has 0 saturated carbocycles. The SMILES string of the molecule is CON(C)C(=O)[C@]12O[C@H]1[C@H](C)OC2=O. The normalized spacial score (nSPS) is 38.9. The Kier molecular flexibility index (Phi) is 1.80. The van der Waals surface area contributed by atoms with Gasteiger partial charge in [-0.25, -0.2) is 9.86 Å². The van der Waals surface area contributed by atoms with Gasteiger partial charge >= 0.3 is 5.97 Å². The molecular formula is C8H11NO5. The summed E-state index contributed by atoms with van der Waals surface area (Å²) in [6, 6.07) is 0. The van der Waals surface area contributed by atoms with Crippen molar-refractivity contribution in [1.29, 1.82) is 0 Å². The molecule has 0 N–H and O–H groups in total. The summed E-state index contributed by atoms with van der Waals surface area (Å²) in [7, 11) is 2.77. The Morgan fingerprint density at radius 2 is 2.29 bits per heavy atom. The predicted octanol–water partition coefficient (Wildman–Crippen LogP) is -0.911. The second kappa shape index (κ2) is 2.68. The third-order valence-corrected chi connectivity index (χ3v) is 2.56. The Morgan fingerprint density at radius 1 is 1.64 bits per heavy atom. The highest BCUT2D eigenvalue weighted by Crippen LogP contribution is 2.47. The Morgan fingerprint density at radius 3 is 2.64 bits per heavy atom. The maximum Gasteiger partial charge on any atom is 0.351 e. The summed E-state index contributed by atoms with van der Waals surface area (Å²) < 4.78 is 9.98. The van der Waals surface area contributed by atoms with Crippen molar-refractivity contribution in [3.63, 3.8) is 0 Å². The molecule has 0 aliphatic carbocycles. The van der Waals surface area contributed by atoms with E-state index in [2.05, 4.69) is 0 Å². The molecule has 0 aromatic heterocycles. The predicted molar refractivity (Wildman–Crippen MR) is 42.9 cm³/mol. The molecule has 2 fully saturated rings. The standard InChI is InChI=1S/C8H11NO5/c1-4-5-8(14-5,7(11)13-4)6(10)9(2)12-3/h4-5H,1-3H3/t4-,5-,8+/m0/s1. The molecule has 0 radical (unpaired) electrons. The molecule has 78 valence electrons. The maximum absolute atomic E-state index is 11.7. The van der Waals surface area contributed by atoms with Crippen LogP contribution in [-0.4, -0.2) is 48.9 Å². The van der Waals surface area contributed by atoms with Gasteiger partial charge in [0.05, 0.1) is 7.11 Å². The zero-order chi connectivity index (χ0) is 10.5. The third kappa shape index (κ3) is 0.921.